The van der Waals surface area contributed by atoms with Crippen LogP contribution in [0.2, 0.25) is 0 Å². The Morgan fingerprint density at radius 3 is 2.29 bits per heavy atom. The highest BCUT2D eigenvalue weighted by Gasteiger charge is 2.15. The number of nitrogens with zero attached hydrogens (tertiary/aromatic N) is 1. The Morgan fingerprint density at radius 1 is 1.36 bits per heavy atom. The van der Waals surface area contributed by atoms with Gasteiger partial charge in [-0.3, -0.25) is 4.79 Å². The van der Waals surface area contributed by atoms with Gasteiger partial charge in [-0.2, -0.15) is 0 Å². The Kier molecular flexibility index (Phi) is 3.25. The van der Waals surface area contributed by atoms with Gasteiger partial charge >= 0.3 is 0 Å². The molecule has 0 aliphatic rings. The van der Waals surface area contributed by atoms with Crippen LogP contribution < -0.4 is 4.90 Å². The van der Waals surface area contributed by atoms with E-state index < -0.39 is 6.10 Å². The van der Waals surface area contributed by atoms with Crippen LogP contribution in [0.1, 0.15) is 12.5 Å². The van der Waals surface area contributed by atoms with E-state index in [0.717, 1.165) is 11.3 Å². The van der Waals surface area contributed by atoms with E-state index in [1.54, 1.807) is 7.05 Å². The third-order valence-corrected chi connectivity index (χ3v) is 2.11. The van der Waals surface area contributed by atoms with Crippen LogP contribution >= 0.6 is 0 Å². The van der Waals surface area contributed by atoms with Gasteiger partial charge in [0.2, 0.25) is 0 Å². The molecule has 0 saturated carbocycles. The summed E-state index contributed by atoms with van der Waals surface area (Å²) in [5, 5.41) is 9.12. The van der Waals surface area contributed by atoms with E-state index in [4.69, 9.17) is 5.11 Å². The second-order valence-corrected chi connectivity index (χ2v) is 3.41. The third kappa shape index (κ3) is 2.33. The fourth-order valence-electron chi connectivity index (χ4n) is 1.18. The molecule has 3 heteroatoms. The van der Waals surface area contributed by atoms with Crippen molar-refractivity contribution in [3.63, 3.8) is 0 Å². The maximum atomic E-state index is 11.4. The molecule has 0 saturated heterocycles. The topological polar surface area (TPSA) is 40.5 Å². The normalized spacial score (nSPS) is 12.3. The van der Waals surface area contributed by atoms with Gasteiger partial charge in [0, 0.05) is 12.7 Å². The van der Waals surface area contributed by atoms with E-state index in [0.29, 0.717) is 0 Å². The molecule has 76 valence electrons. The third-order valence-electron chi connectivity index (χ3n) is 2.11. The highest BCUT2D eigenvalue weighted by atomic mass is 16.3. The minimum atomic E-state index is -0.957. The molecule has 0 bridgehead atoms. The molecule has 0 heterocycles. The van der Waals surface area contributed by atoms with Crippen LogP contribution in [0.3, 0.4) is 0 Å². The first kappa shape index (κ1) is 10.7. The SMILES string of the molecule is Cc1ccc(N(C)C(=O)C(C)O)cc1. The van der Waals surface area contributed by atoms with Gasteiger partial charge in [-0.15, -0.1) is 0 Å². The first-order valence-electron chi connectivity index (χ1n) is 4.54. The number of benzene rings is 1. The maximum Gasteiger partial charge on any atom is 0.255 e. The summed E-state index contributed by atoms with van der Waals surface area (Å²) in [6, 6.07) is 7.58. The van der Waals surface area contributed by atoms with Crippen molar-refractivity contribution in [3.05, 3.63) is 29.8 Å². The van der Waals surface area contributed by atoms with Gasteiger partial charge < -0.3 is 10.0 Å². The number of anilines is 1. The van der Waals surface area contributed by atoms with Gasteiger partial charge in [-0.25, -0.2) is 0 Å². The van der Waals surface area contributed by atoms with Crippen molar-refractivity contribution in [1.82, 2.24) is 0 Å². The number of aryl methyl sites for hydroxylation is 1. The molecule has 1 N–H and O–H groups in total. The van der Waals surface area contributed by atoms with E-state index in [9.17, 15) is 4.79 Å². The number of rotatable bonds is 2. The van der Waals surface area contributed by atoms with E-state index in [1.807, 2.05) is 31.2 Å². The first-order valence-corrected chi connectivity index (χ1v) is 4.54. The minimum absolute atomic E-state index is 0.297. The number of aliphatic hydroxyl groups excluding tert-OH is 1. The van der Waals surface area contributed by atoms with Crippen molar-refractivity contribution >= 4 is 11.6 Å². The summed E-state index contributed by atoms with van der Waals surface area (Å²) < 4.78 is 0. The Bertz CT molecular complexity index is 317. The van der Waals surface area contributed by atoms with Gasteiger partial charge in [0.15, 0.2) is 0 Å². The fourth-order valence-corrected chi connectivity index (χ4v) is 1.18. The lowest BCUT2D eigenvalue weighted by Crippen LogP contribution is -2.34. The number of hydrogen-bond acceptors (Lipinski definition) is 2. The summed E-state index contributed by atoms with van der Waals surface area (Å²) in [5.41, 5.74) is 1.94. The van der Waals surface area contributed by atoms with Gasteiger partial charge in [0.1, 0.15) is 6.10 Å². The smallest absolute Gasteiger partial charge is 0.255 e. The van der Waals surface area contributed by atoms with E-state index in [1.165, 1.54) is 11.8 Å². The summed E-state index contributed by atoms with van der Waals surface area (Å²) >= 11 is 0. The second-order valence-electron chi connectivity index (χ2n) is 3.41. The van der Waals surface area contributed by atoms with Crippen molar-refractivity contribution in [2.24, 2.45) is 0 Å². The van der Waals surface area contributed by atoms with Crippen molar-refractivity contribution in [2.75, 3.05) is 11.9 Å². The predicted molar refractivity (Wildman–Crippen MR) is 56.3 cm³/mol. The van der Waals surface area contributed by atoms with Crippen LogP contribution in [0, 0.1) is 6.92 Å². The summed E-state index contributed by atoms with van der Waals surface area (Å²) in [7, 11) is 1.65. The molecule has 1 aromatic carbocycles. The number of amides is 1. The van der Waals surface area contributed by atoms with Crippen molar-refractivity contribution in [3.8, 4) is 0 Å². The molecule has 0 spiro atoms. The van der Waals surface area contributed by atoms with E-state index in [-0.39, 0.29) is 5.91 Å². The molecule has 1 unspecified atom stereocenters. The van der Waals surface area contributed by atoms with Gasteiger partial charge in [-0.1, -0.05) is 17.7 Å². The minimum Gasteiger partial charge on any atom is -0.384 e. The van der Waals surface area contributed by atoms with Crippen LogP contribution in [0.4, 0.5) is 5.69 Å². The molecule has 3 nitrogen and oxygen atoms in total. The zero-order valence-electron chi connectivity index (χ0n) is 8.69. The molecular formula is C11H15NO2. The van der Waals surface area contributed by atoms with Crippen molar-refractivity contribution in [2.45, 2.75) is 20.0 Å². The summed E-state index contributed by atoms with van der Waals surface area (Å²) in [6.45, 7) is 3.45. The van der Waals surface area contributed by atoms with Crippen molar-refractivity contribution < 1.29 is 9.90 Å². The number of aliphatic hydroxyl groups is 1. The van der Waals surface area contributed by atoms with Crippen LogP contribution in [-0.2, 0) is 4.79 Å². The monoisotopic (exact) mass is 193 g/mol. The molecule has 1 amide bonds. The van der Waals surface area contributed by atoms with Gasteiger partial charge in [0.25, 0.3) is 5.91 Å². The Labute approximate surface area is 84.0 Å². The summed E-state index contributed by atoms with van der Waals surface area (Å²) in [4.78, 5) is 12.9. The zero-order valence-corrected chi connectivity index (χ0v) is 8.69. The molecule has 1 rings (SSSR count). The van der Waals surface area contributed by atoms with Crippen molar-refractivity contribution in [1.29, 1.82) is 0 Å². The van der Waals surface area contributed by atoms with E-state index in [2.05, 4.69) is 0 Å². The molecule has 0 aliphatic heterocycles. The number of hydrogen-bond donors (Lipinski definition) is 1. The number of likely N-dealkylation sites (N-methyl/N-ethyl adjacent to an activating group) is 1. The molecule has 0 aromatic heterocycles. The first-order chi connectivity index (χ1) is 6.52. The molecule has 1 aromatic rings. The zero-order chi connectivity index (χ0) is 10.7. The Morgan fingerprint density at radius 2 is 1.86 bits per heavy atom. The van der Waals surface area contributed by atoms with Crippen LogP contribution in [0.25, 0.3) is 0 Å². The van der Waals surface area contributed by atoms with Gasteiger partial charge in [0.05, 0.1) is 0 Å². The highest BCUT2D eigenvalue weighted by Crippen LogP contribution is 2.14. The molecular weight excluding hydrogens is 178 g/mol. The lowest BCUT2D eigenvalue weighted by Gasteiger charge is -2.18. The summed E-state index contributed by atoms with van der Waals surface area (Å²) in [5.74, 6) is -0.297. The average Bonchev–Trinajstić information content (AvgIpc) is 2.16. The molecule has 1 atom stereocenters. The average molecular weight is 193 g/mol. The van der Waals surface area contributed by atoms with Crippen LogP contribution in [0.15, 0.2) is 24.3 Å². The Balaban J connectivity index is 2.84. The second kappa shape index (κ2) is 4.24. The quantitative estimate of drug-likeness (QED) is 0.770. The van der Waals surface area contributed by atoms with Crippen LogP contribution in [0.5, 0.6) is 0 Å². The number of carbonyl (C=O) groups is 1. The molecule has 0 fully saturated rings. The fraction of sp³-hybridized carbons (Fsp3) is 0.364. The van der Waals surface area contributed by atoms with E-state index >= 15 is 0 Å². The predicted octanol–water partition coefficient (Wildman–Crippen LogP) is 1.34. The largest absolute Gasteiger partial charge is 0.384 e. The molecule has 14 heavy (non-hydrogen) atoms. The summed E-state index contributed by atoms with van der Waals surface area (Å²) in [6.07, 6.45) is -0.957. The number of carbonyl (C=O) groups excluding carboxylic acids is 1. The van der Waals surface area contributed by atoms with Gasteiger partial charge in [-0.05, 0) is 26.0 Å². The maximum absolute atomic E-state index is 11.4. The Hall–Kier alpha value is -1.35. The molecule has 0 aliphatic carbocycles. The lowest BCUT2D eigenvalue weighted by atomic mass is 10.2. The highest BCUT2D eigenvalue weighted by molar-refractivity contribution is 5.95. The lowest BCUT2D eigenvalue weighted by molar-refractivity contribution is -0.125. The molecule has 0 radical (unpaired) electrons. The van der Waals surface area contributed by atoms with Crippen LogP contribution in [-0.4, -0.2) is 24.2 Å². The standard InChI is InChI=1S/C11H15NO2/c1-8-4-6-10(7-5-8)12(3)11(14)9(2)13/h4-7,9,13H,1-3H3.